The Labute approximate surface area is 117 Å². The topological polar surface area (TPSA) is 78.3 Å². The molecule has 1 rings (SSSR count). The Hall–Kier alpha value is -0.590. The molecule has 1 amide bonds. The molecule has 0 heterocycles. The minimum Gasteiger partial charge on any atom is -0.492 e. The van der Waals surface area contributed by atoms with Crippen molar-refractivity contribution in [1.29, 1.82) is 0 Å². The maximum atomic E-state index is 10.9. The molecule has 4 N–H and O–H groups in total. The monoisotopic (exact) mass is 364 g/mol. The molecule has 94 valence electrons. The highest BCUT2D eigenvalue weighted by Gasteiger charge is 2.17. The van der Waals surface area contributed by atoms with E-state index < -0.39 is 11.9 Å². The number of benzene rings is 1. The first-order valence-corrected chi connectivity index (χ1v) is 6.70. The highest BCUT2D eigenvalue weighted by molar-refractivity contribution is 9.11. The fraction of sp³-hybridized carbons (Fsp3) is 0.364. The third kappa shape index (κ3) is 3.97. The summed E-state index contributed by atoms with van der Waals surface area (Å²) in [6, 6.07) is 3.23. The zero-order chi connectivity index (χ0) is 13.0. The Morgan fingerprint density at radius 1 is 1.47 bits per heavy atom. The van der Waals surface area contributed by atoms with Gasteiger partial charge in [-0.2, -0.15) is 0 Å². The molecule has 0 bridgehead atoms. The fourth-order valence-corrected chi connectivity index (χ4v) is 2.85. The van der Waals surface area contributed by atoms with Gasteiger partial charge in [-0.1, -0.05) is 15.9 Å². The van der Waals surface area contributed by atoms with Crippen LogP contribution in [0.1, 0.15) is 24.9 Å². The molecule has 17 heavy (non-hydrogen) atoms. The summed E-state index contributed by atoms with van der Waals surface area (Å²) in [5, 5.41) is 0. The molecule has 1 unspecified atom stereocenters. The van der Waals surface area contributed by atoms with Crippen LogP contribution < -0.4 is 16.2 Å². The first-order valence-electron chi connectivity index (χ1n) is 5.11. The number of rotatable bonds is 5. The van der Waals surface area contributed by atoms with E-state index in [-0.39, 0.29) is 6.42 Å². The van der Waals surface area contributed by atoms with Crippen LogP contribution in [0.5, 0.6) is 5.75 Å². The number of nitrogens with two attached hydrogens (primary N) is 2. The lowest BCUT2D eigenvalue weighted by molar-refractivity contribution is -0.118. The fourth-order valence-electron chi connectivity index (χ4n) is 1.48. The second-order valence-corrected chi connectivity index (χ2v) is 5.29. The Morgan fingerprint density at radius 2 is 2.12 bits per heavy atom. The normalized spacial score (nSPS) is 12.2. The largest absolute Gasteiger partial charge is 0.492 e. The molecule has 0 aromatic heterocycles. The van der Waals surface area contributed by atoms with Gasteiger partial charge in [0.25, 0.3) is 0 Å². The van der Waals surface area contributed by atoms with Crippen LogP contribution in [0, 0.1) is 0 Å². The van der Waals surface area contributed by atoms with Crippen molar-refractivity contribution >= 4 is 37.8 Å². The molecule has 0 aliphatic rings. The average molecular weight is 366 g/mol. The molecule has 0 spiro atoms. The average Bonchev–Trinajstić information content (AvgIpc) is 2.20. The summed E-state index contributed by atoms with van der Waals surface area (Å²) >= 11 is 6.78. The summed E-state index contributed by atoms with van der Waals surface area (Å²) in [5.41, 5.74) is 11.8. The van der Waals surface area contributed by atoms with E-state index in [1.54, 1.807) is 0 Å². The van der Waals surface area contributed by atoms with E-state index in [0.29, 0.717) is 12.4 Å². The minimum atomic E-state index is -0.470. The van der Waals surface area contributed by atoms with Crippen LogP contribution in [-0.4, -0.2) is 12.5 Å². The van der Waals surface area contributed by atoms with E-state index in [9.17, 15) is 4.79 Å². The van der Waals surface area contributed by atoms with Gasteiger partial charge in [-0.25, -0.2) is 0 Å². The van der Waals surface area contributed by atoms with Gasteiger partial charge in [-0.05, 0) is 35.0 Å². The number of amides is 1. The molecule has 0 saturated carbocycles. The van der Waals surface area contributed by atoms with Gasteiger partial charge in [-0.15, -0.1) is 0 Å². The number of halogens is 2. The molecular formula is C11H14Br2N2O2. The standard InChI is InChI=1S/C11H14Br2N2O2/c1-2-17-11-7(9(14)5-10(15)16)3-6(12)4-8(11)13/h3-4,9H,2,5,14H2,1H3,(H2,15,16). The third-order valence-corrected chi connectivity index (χ3v) is 3.19. The molecule has 0 fully saturated rings. The van der Waals surface area contributed by atoms with E-state index in [1.807, 2.05) is 19.1 Å². The Morgan fingerprint density at radius 3 is 2.65 bits per heavy atom. The summed E-state index contributed by atoms with van der Waals surface area (Å²) in [7, 11) is 0. The molecule has 1 aromatic rings. The molecular weight excluding hydrogens is 352 g/mol. The summed E-state index contributed by atoms with van der Waals surface area (Å²) in [4.78, 5) is 10.9. The maximum Gasteiger partial charge on any atom is 0.219 e. The van der Waals surface area contributed by atoms with Crippen LogP contribution in [0.3, 0.4) is 0 Å². The van der Waals surface area contributed by atoms with Gasteiger partial charge in [0.15, 0.2) is 0 Å². The molecule has 0 aliphatic heterocycles. The Bertz CT molecular complexity index is 424. The van der Waals surface area contributed by atoms with Crippen LogP contribution in [0.2, 0.25) is 0 Å². The van der Waals surface area contributed by atoms with Crippen molar-refractivity contribution in [2.45, 2.75) is 19.4 Å². The zero-order valence-electron chi connectivity index (χ0n) is 9.37. The molecule has 6 heteroatoms. The van der Waals surface area contributed by atoms with Crippen LogP contribution in [-0.2, 0) is 4.79 Å². The first-order chi connectivity index (χ1) is 7.95. The quantitative estimate of drug-likeness (QED) is 0.841. The van der Waals surface area contributed by atoms with E-state index in [4.69, 9.17) is 16.2 Å². The predicted octanol–water partition coefficient (Wildman–Crippen LogP) is 2.49. The van der Waals surface area contributed by atoms with E-state index in [1.165, 1.54) is 0 Å². The van der Waals surface area contributed by atoms with Crippen molar-refractivity contribution in [3.63, 3.8) is 0 Å². The SMILES string of the molecule is CCOc1c(Br)cc(Br)cc1C(N)CC(N)=O. The second kappa shape index (κ2) is 6.37. The molecule has 4 nitrogen and oxygen atoms in total. The summed E-state index contributed by atoms with van der Waals surface area (Å²) in [6.07, 6.45) is 0.0863. The first kappa shape index (κ1) is 14.5. The lowest BCUT2D eigenvalue weighted by atomic mass is 10.0. The molecule has 1 aromatic carbocycles. The number of primary amides is 1. The van der Waals surface area contributed by atoms with Crippen molar-refractivity contribution in [1.82, 2.24) is 0 Å². The number of hydrogen-bond acceptors (Lipinski definition) is 3. The van der Waals surface area contributed by atoms with Gasteiger partial charge in [0.2, 0.25) is 5.91 Å². The number of carbonyl (C=O) groups is 1. The highest BCUT2D eigenvalue weighted by Crippen LogP contribution is 2.36. The van der Waals surface area contributed by atoms with Crippen molar-refractivity contribution in [3.8, 4) is 5.75 Å². The number of ether oxygens (including phenoxy) is 1. The summed E-state index contributed by atoms with van der Waals surface area (Å²) < 4.78 is 7.18. The zero-order valence-corrected chi connectivity index (χ0v) is 12.5. The summed E-state index contributed by atoms with van der Waals surface area (Å²) in [5.74, 6) is 0.223. The smallest absolute Gasteiger partial charge is 0.219 e. The molecule has 0 radical (unpaired) electrons. The van der Waals surface area contributed by atoms with E-state index in [2.05, 4.69) is 31.9 Å². The lowest BCUT2D eigenvalue weighted by Crippen LogP contribution is -2.21. The van der Waals surface area contributed by atoms with Gasteiger partial charge < -0.3 is 16.2 Å². The van der Waals surface area contributed by atoms with Crippen LogP contribution in [0.25, 0.3) is 0 Å². The van der Waals surface area contributed by atoms with Crippen molar-refractivity contribution in [2.24, 2.45) is 11.5 Å². The van der Waals surface area contributed by atoms with E-state index >= 15 is 0 Å². The summed E-state index contributed by atoms with van der Waals surface area (Å²) in [6.45, 7) is 2.41. The Balaban J connectivity index is 3.14. The molecule has 0 saturated heterocycles. The van der Waals surface area contributed by atoms with Gasteiger partial charge in [-0.3, -0.25) is 4.79 Å². The van der Waals surface area contributed by atoms with Gasteiger partial charge in [0.05, 0.1) is 11.1 Å². The van der Waals surface area contributed by atoms with Crippen LogP contribution in [0.4, 0.5) is 0 Å². The molecule has 0 aliphatic carbocycles. The second-order valence-electron chi connectivity index (χ2n) is 3.52. The maximum absolute atomic E-state index is 10.9. The predicted molar refractivity (Wildman–Crippen MR) is 73.8 cm³/mol. The van der Waals surface area contributed by atoms with Gasteiger partial charge >= 0.3 is 0 Å². The van der Waals surface area contributed by atoms with Crippen LogP contribution >= 0.6 is 31.9 Å². The van der Waals surface area contributed by atoms with Gasteiger partial charge in [0, 0.05) is 22.5 Å². The lowest BCUT2D eigenvalue weighted by Gasteiger charge is -2.17. The number of hydrogen-bond donors (Lipinski definition) is 2. The van der Waals surface area contributed by atoms with Crippen LogP contribution in [0.15, 0.2) is 21.1 Å². The molecule has 1 atom stereocenters. The highest BCUT2D eigenvalue weighted by atomic mass is 79.9. The Kier molecular flexibility index (Phi) is 5.42. The van der Waals surface area contributed by atoms with E-state index in [0.717, 1.165) is 14.5 Å². The van der Waals surface area contributed by atoms with Gasteiger partial charge in [0.1, 0.15) is 5.75 Å². The number of carbonyl (C=O) groups excluding carboxylic acids is 1. The third-order valence-electron chi connectivity index (χ3n) is 2.15. The van der Waals surface area contributed by atoms with Crippen molar-refractivity contribution < 1.29 is 9.53 Å². The minimum absolute atomic E-state index is 0.0863. The van der Waals surface area contributed by atoms with Crippen molar-refractivity contribution in [2.75, 3.05) is 6.61 Å². The van der Waals surface area contributed by atoms with Crippen molar-refractivity contribution in [3.05, 3.63) is 26.6 Å².